The minimum absolute atomic E-state index is 0.587. The van der Waals surface area contributed by atoms with Gasteiger partial charge < -0.3 is 5.73 Å². The van der Waals surface area contributed by atoms with E-state index in [0.29, 0.717) is 5.15 Å². The number of nitrogens with two attached hydrogens (primary N) is 1. The zero-order chi connectivity index (χ0) is 10.2. The average Bonchev–Trinajstić information content (AvgIpc) is 2.18. The van der Waals surface area contributed by atoms with Crippen molar-refractivity contribution in [2.24, 2.45) is 5.73 Å². The van der Waals surface area contributed by atoms with Gasteiger partial charge in [-0.25, -0.2) is 4.98 Å². The van der Waals surface area contributed by atoms with Crippen molar-refractivity contribution < 1.29 is 0 Å². The highest BCUT2D eigenvalue weighted by Crippen LogP contribution is 2.11. The molecular formula is C11H17ClN2. The summed E-state index contributed by atoms with van der Waals surface area (Å²) in [5, 5.41) is 0.587. The van der Waals surface area contributed by atoms with Crippen LogP contribution in [0.1, 0.15) is 31.2 Å². The van der Waals surface area contributed by atoms with Gasteiger partial charge in [0.05, 0.1) is 0 Å². The lowest BCUT2D eigenvalue weighted by Crippen LogP contribution is -1.97. The number of hydrogen-bond acceptors (Lipinski definition) is 2. The summed E-state index contributed by atoms with van der Waals surface area (Å²) in [4.78, 5) is 3.95. The van der Waals surface area contributed by atoms with Crippen LogP contribution in [0.25, 0.3) is 0 Å². The number of aryl methyl sites for hydroxylation is 1. The zero-order valence-corrected chi connectivity index (χ0v) is 9.13. The number of rotatable bonds is 6. The molecule has 0 unspecified atom stereocenters. The minimum atomic E-state index is 0.587. The Morgan fingerprint density at radius 1 is 1.21 bits per heavy atom. The molecule has 1 heterocycles. The molecule has 0 amide bonds. The minimum Gasteiger partial charge on any atom is -0.330 e. The Labute approximate surface area is 90.5 Å². The molecule has 0 saturated heterocycles. The molecule has 0 radical (unpaired) electrons. The molecule has 0 spiro atoms. The highest BCUT2D eigenvalue weighted by molar-refractivity contribution is 6.29. The summed E-state index contributed by atoms with van der Waals surface area (Å²) in [6.45, 7) is 0.807. The maximum Gasteiger partial charge on any atom is 0.129 e. The summed E-state index contributed by atoms with van der Waals surface area (Å²) < 4.78 is 0. The summed E-state index contributed by atoms with van der Waals surface area (Å²) in [5.74, 6) is 0. The van der Waals surface area contributed by atoms with Gasteiger partial charge in [0.1, 0.15) is 5.15 Å². The second kappa shape index (κ2) is 6.80. The quantitative estimate of drug-likeness (QED) is 0.582. The van der Waals surface area contributed by atoms with E-state index in [4.69, 9.17) is 17.3 Å². The van der Waals surface area contributed by atoms with Crippen LogP contribution in [0.2, 0.25) is 5.15 Å². The van der Waals surface area contributed by atoms with E-state index in [2.05, 4.69) is 4.98 Å². The Balaban J connectivity index is 2.18. The number of halogens is 1. The lowest BCUT2D eigenvalue weighted by Gasteiger charge is -2.01. The van der Waals surface area contributed by atoms with E-state index in [9.17, 15) is 0 Å². The lowest BCUT2D eigenvalue weighted by molar-refractivity contribution is 0.646. The van der Waals surface area contributed by atoms with Gasteiger partial charge in [-0.15, -0.1) is 0 Å². The highest BCUT2D eigenvalue weighted by atomic mass is 35.5. The van der Waals surface area contributed by atoms with Crippen LogP contribution < -0.4 is 5.73 Å². The molecule has 0 saturated carbocycles. The van der Waals surface area contributed by atoms with Gasteiger partial charge in [0.25, 0.3) is 0 Å². The molecule has 0 aliphatic carbocycles. The molecule has 78 valence electrons. The molecule has 1 rings (SSSR count). The van der Waals surface area contributed by atoms with Gasteiger partial charge in [-0.3, -0.25) is 0 Å². The second-order valence-electron chi connectivity index (χ2n) is 3.44. The maximum atomic E-state index is 5.78. The summed E-state index contributed by atoms with van der Waals surface area (Å²) in [6, 6.07) is 3.96. The van der Waals surface area contributed by atoms with Crippen LogP contribution in [-0.2, 0) is 6.42 Å². The van der Waals surface area contributed by atoms with E-state index in [-0.39, 0.29) is 0 Å². The van der Waals surface area contributed by atoms with Crippen LogP contribution >= 0.6 is 11.6 Å². The van der Waals surface area contributed by atoms with E-state index in [1.165, 1.54) is 24.8 Å². The van der Waals surface area contributed by atoms with Gasteiger partial charge in [0.15, 0.2) is 0 Å². The molecule has 0 aliphatic rings. The normalized spacial score (nSPS) is 10.4. The first-order valence-corrected chi connectivity index (χ1v) is 5.51. The Hall–Kier alpha value is -0.600. The highest BCUT2D eigenvalue weighted by Gasteiger charge is 1.95. The number of nitrogens with zero attached hydrogens (tertiary/aromatic N) is 1. The zero-order valence-electron chi connectivity index (χ0n) is 8.38. The van der Waals surface area contributed by atoms with Crippen molar-refractivity contribution in [3.05, 3.63) is 29.0 Å². The number of unbranched alkanes of at least 4 members (excludes halogenated alkanes) is 3. The van der Waals surface area contributed by atoms with Crippen LogP contribution in [-0.4, -0.2) is 11.5 Å². The summed E-state index contributed by atoms with van der Waals surface area (Å²) in [6.07, 6.45) is 7.67. The smallest absolute Gasteiger partial charge is 0.129 e. The number of aromatic nitrogens is 1. The van der Waals surface area contributed by atoms with Crippen molar-refractivity contribution in [1.29, 1.82) is 0 Å². The van der Waals surface area contributed by atoms with Crippen molar-refractivity contribution in [3.63, 3.8) is 0 Å². The average molecular weight is 213 g/mol. The standard InChI is InChI=1S/C11H17ClN2/c12-11-9-10(6-8-14-11)5-3-1-2-4-7-13/h6,8-9H,1-5,7,13H2. The van der Waals surface area contributed by atoms with Gasteiger partial charge in [-0.05, 0) is 43.5 Å². The topological polar surface area (TPSA) is 38.9 Å². The Morgan fingerprint density at radius 3 is 2.71 bits per heavy atom. The van der Waals surface area contributed by atoms with Gasteiger partial charge in [-0.1, -0.05) is 24.4 Å². The summed E-state index contributed by atoms with van der Waals surface area (Å²) in [7, 11) is 0. The molecule has 2 N–H and O–H groups in total. The first-order chi connectivity index (χ1) is 6.83. The fourth-order valence-corrected chi connectivity index (χ4v) is 1.62. The third kappa shape index (κ3) is 4.58. The summed E-state index contributed by atoms with van der Waals surface area (Å²) in [5.41, 5.74) is 6.69. The van der Waals surface area contributed by atoms with Gasteiger partial charge >= 0.3 is 0 Å². The molecule has 0 atom stereocenters. The Bertz CT molecular complexity index is 263. The van der Waals surface area contributed by atoms with Crippen LogP contribution in [0.3, 0.4) is 0 Å². The lowest BCUT2D eigenvalue weighted by atomic mass is 10.1. The van der Waals surface area contributed by atoms with Gasteiger partial charge in [-0.2, -0.15) is 0 Å². The number of pyridine rings is 1. The fourth-order valence-electron chi connectivity index (χ4n) is 1.43. The molecule has 1 aromatic rings. The van der Waals surface area contributed by atoms with E-state index in [1.54, 1.807) is 6.20 Å². The first kappa shape index (κ1) is 11.5. The van der Waals surface area contributed by atoms with Crippen molar-refractivity contribution in [2.45, 2.75) is 32.1 Å². The van der Waals surface area contributed by atoms with Crippen LogP contribution in [0.4, 0.5) is 0 Å². The SMILES string of the molecule is NCCCCCCc1ccnc(Cl)c1. The van der Waals surface area contributed by atoms with Crippen molar-refractivity contribution in [3.8, 4) is 0 Å². The van der Waals surface area contributed by atoms with Gasteiger partial charge in [0, 0.05) is 6.20 Å². The molecule has 0 aromatic carbocycles. The molecule has 2 nitrogen and oxygen atoms in total. The first-order valence-electron chi connectivity index (χ1n) is 5.13. The maximum absolute atomic E-state index is 5.78. The molecule has 14 heavy (non-hydrogen) atoms. The van der Waals surface area contributed by atoms with E-state index < -0.39 is 0 Å². The molecule has 0 fully saturated rings. The second-order valence-corrected chi connectivity index (χ2v) is 3.83. The Morgan fingerprint density at radius 2 is 2.00 bits per heavy atom. The molecule has 0 bridgehead atoms. The molecule has 0 aliphatic heterocycles. The van der Waals surface area contributed by atoms with Crippen LogP contribution in [0, 0.1) is 0 Å². The van der Waals surface area contributed by atoms with Crippen molar-refractivity contribution >= 4 is 11.6 Å². The number of hydrogen-bond donors (Lipinski definition) is 1. The van der Waals surface area contributed by atoms with Crippen molar-refractivity contribution in [1.82, 2.24) is 4.98 Å². The fraction of sp³-hybridized carbons (Fsp3) is 0.545. The van der Waals surface area contributed by atoms with E-state index in [1.807, 2.05) is 12.1 Å². The van der Waals surface area contributed by atoms with Gasteiger partial charge in [0.2, 0.25) is 0 Å². The third-order valence-electron chi connectivity index (χ3n) is 2.21. The predicted molar refractivity (Wildman–Crippen MR) is 60.5 cm³/mol. The largest absolute Gasteiger partial charge is 0.330 e. The molecule has 3 heteroatoms. The summed E-state index contributed by atoms with van der Waals surface area (Å²) >= 11 is 5.78. The van der Waals surface area contributed by atoms with Crippen molar-refractivity contribution in [2.75, 3.05) is 6.54 Å². The van der Waals surface area contributed by atoms with Crippen LogP contribution in [0.5, 0.6) is 0 Å². The predicted octanol–water partition coefficient (Wildman–Crippen LogP) is 2.80. The van der Waals surface area contributed by atoms with Crippen LogP contribution in [0.15, 0.2) is 18.3 Å². The third-order valence-corrected chi connectivity index (χ3v) is 2.42. The van der Waals surface area contributed by atoms with E-state index in [0.717, 1.165) is 19.4 Å². The van der Waals surface area contributed by atoms with E-state index >= 15 is 0 Å². The molecular weight excluding hydrogens is 196 g/mol. The molecule has 1 aromatic heterocycles. The monoisotopic (exact) mass is 212 g/mol. The Kier molecular flexibility index (Phi) is 5.57.